The summed E-state index contributed by atoms with van der Waals surface area (Å²) < 4.78 is 5.69. The van der Waals surface area contributed by atoms with Crippen LogP contribution in [0, 0.1) is 11.3 Å². The molecule has 6 nitrogen and oxygen atoms in total. The molecular weight excluding hydrogens is 278 g/mol. The maximum Gasteiger partial charge on any atom is 0.232 e. The molecule has 6 heteroatoms. The highest BCUT2D eigenvalue weighted by Crippen LogP contribution is 2.15. The zero-order valence-electron chi connectivity index (χ0n) is 12.4. The first-order valence-corrected chi connectivity index (χ1v) is 7.52. The van der Waals surface area contributed by atoms with E-state index in [4.69, 9.17) is 15.7 Å². The lowest BCUT2D eigenvalue weighted by Gasteiger charge is -2.29. The van der Waals surface area contributed by atoms with Crippen LogP contribution >= 0.6 is 0 Å². The van der Waals surface area contributed by atoms with Gasteiger partial charge in [0.25, 0.3) is 0 Å². The SMILES string of the molecule is N#Cc1ccc2ncc(OCCN3CCC(N)CC3)nc2c1. The quantitative estimate of drug-likeness (QED) is 0.915. The van der Waals surface area contributed by atoms with Gasteiger partial charge in [0, 0.05) is 12.6 Å². The highest BCUT2D eigenvalue weighted by Gasteiger charge is 2.15. The topological polar surface area (TPSA) is 88.1 Å². The minimum absolute atomic E-state index is 0.345. The molecule has 0 atom stereocenters. The fraction of sp³-hybridized carbons (Fsp3) is 0.438. The lowest BCUT2D eigenvalue weighted by atomic mass is 10.1. The van der Waals surface area contributed by atoms with E-state index in [9.17, 15) is 0 Å². The Balaban J connectivity index is 1.58. The van der Waals surface area contributed by atoms with Crippen molar-refractivity contribution in [2.45, 2.75) is 18.9 Å². The van der Waals surface area contributed by atoms with Crippen LogP contribution in [0.2, 0.25) is 0 Å². The average molecular weight is 297 g/mol. The number of likely N-dealkylation sites (tertiary alicyclic amines) is 1. The van der Waals surface area contributed by atoms with Gasteiger partial charge in [-0.15, -0.1) is 0 Å². The third kappa shape index (κ3) is 3.50. The van der Waals surface area contributed by atoms with E-state index < -0.39 is 0 Å². The van der Waals surface area contributed by atoms with Crippen molar-refractivity contribution in [1.82, 2.24) is 14.9 Å². The molecule has 2 heterocycles. The van der Waals surface area contributed by atoms with Gasteiger partial charge in [0.05, 0.1) is 28.9 Å². The third-order valence-electron chi connectivity index (χ3n) is 3.94. The van der Waals surface area contributed by atoms with Gasteiger partial charge in [-0.1, -0.05) is 0 Å². The number of nitrogens with zero attached hydrogens (tertiary/aromatic N) is 4. The van der Waals surface area contributed by atoms with E-state index in [0.717, 1.165) is 38.0 Å². The second-order valence-electron chi connectivity index (χ2n) is 5.55. The molecule has 1 fully saturated rings. The van der Waals surface area contributed by atoms with Gasteiger partial charge in [-0.3, -0.25) is 4.90 Å². The number of ether oxygens (including phenoxy) is 1. The Kier molecular flexibility index (Phi) is 4.47. The molecule has 0 unspecified atom stereocenters. The van der Waals surface area contributed by atoms with Crippen molar-refractivity contribution in [1.29, 1.82) is 5.26 Å². The van der Waals surface area contributed by atoms with Gasteiger partial charge in [0.15, 0.2) is 0 Å². The highest BCUT2D eigenvalue weighted by molar-refractivity contribution is 5.76. The van der Waals surface area contributed by atoms with Crippen LogP contribution in [0.15, 0.2) is 24.4 Å². The number of piperidine rings is 1. The van der Waals surface area contributed by atoms with E-state index in [1.807, 2.05) is 0 Å². The molecule has 0 amide bonds. The summed E-state index contributed by atoms with van der Waals surface area (Å²) in [7, 11) is 0. The summed E-state index contributed by atoms with van der Waals surface area (Å²) in [5.74, 6) is 0.497. The van der Waals surface area contributed by atoms with Crippen molar-refractivity contribution in [3.05, 3.63) is 30.0 Å². The predicted molar refractivity (Wildman–Crippen MR) is 83.4 cm³/mol. The van der Waals surface area contributed by atoms with Crippen molar-refractivity contribution in [3.63, 3.8) is 0 Å². The number of benzene rings is 1. The van der Waals surface area contributed by atoms with Crippen LogP contribution in [0.1, 0.15) is 18.4 Å². The first-order valence-electron chi connectivity index (χ1n) is 7.52. The Hall–Kier alpha value is -2.23. The molecule has 1 aliphatic rings. The summed E-state index contributed by atoms with van der Waals surface area (Å²) in [4.78, 5) is 11.1. The summed E-state index contributed by atoms with van der Waals surface area (Å²) in [6.07, 6.45) is 3.72. The Labute approximate surface area is 129 Å². The Bertz CT molecular complexity index is 688. The average Bonchev–Trinajstić information content (AvgIpc) is 2.56. The van der Waals surface area contributed by atoms with Crippen LogP contribution in [0.5, 0.6) is 5.88 Å². The largest absolute Gasteiger partial charge is 0.475 e. The van der Waals surface area contributed by atoms with Crippen LogP contribution in [0.3, 0.4) is 0 Å². The van der Waals surface area contributed by atoms with E-state index in [1.165, 1.54) is 0 Å². The van der Waals surface area contributed by atoms with E-state index in [-0.39, 0.29) is 0 Å². The van der Waals surface area contributed by atoms with Crippen molar-refractivity contribution in [3.8, 4) is 11.9 Å². The molecule has 3 rings (SSSR count). The third-order valence-corrected chi connectivity index (χ3v) is 3.94. The molecule has 114 valence electrons. The first kappa shape index (κ1) is 14.7. The van der Waals surface area contributed by atoms with Gasteiger partial charge in [0.2, 0.25) is 5.88 Å². The molecule has 0 spiro atoms. The van der Waals surface area contributed by atoms with Gasteiger partial charge >= 0.3 is 0 Å². The van der Waals surface area contributed by atoms with Crippen LogP contribution < -0.4 is 10.5 Å². The van der Waals surface area contributed by atoms with Crippen LogP contribution in [0.25, 0.3) is 11.0 Å². The number of hydrogen-bond donors (Lipinski definition) is 1. The van der Waals surface area contributed by atoms with Crippen LogP contribution in [-0.4, -0.2) is 47.2 Å². The van der Waals surface area contributed by atoms with Gasteiger partial charge in [-0.25, -0.2) is 9.97 Å². The Morgan fingerprint density at radius 1 is 1.32 bits per heavy atom. The molecule has 0 radical (unpaired) electrons. The molecule has 0 bridgehead atoms. The molecule has 0 aliphatic carbocycles. The fourth-order valence-electron chi connectivity index (χ4n) is 2.59. The number of nitriles is 1. The zero-order chi connectivity index (χ0) is 15.4. The van der Waals surface area contributed by atoms with E-state index in [1.54, 1.807) is 24.4 Å². The number of aromatic nitrogens is 2. The molecule has 1 aromatic heterocycles. The van der Waals surface area contributed by atoms with Gasteiger partial charge in [-0.2, -0.15) is 5.26 Å². The molecule has 22 heavy (non-hydrogen) atoms. The van der Waals surface area contributed by atoms with Crippen molar-refractivity contribution in [2.75, 3.05) is 26.2 Å². The van der Waals surface area contributed by atoms with E-state index in [2.05, 4.69) is 20.9 Å². The maximum atomic E-state index is 8.93. The molecule has 0 saturated carbocycles. The molecule has 2 aromatic rings. The number of hydrogen-bond acceptors (Lipinski definition) is 6. The van der Waals surface area contributed by atoms with Gasteiger partial charge in [-0.05, 0) is 44.1 Å². The summed E-state index contributed by atoms with van der Waals surface area (Å²) in [5, 5.41) is 8.93. The predicted octanol–water partition coefficient (Wildman–Crippen LogP) is 1.30. The lowest BCUT2D eigenvalue weighted by Crippen LogP contribution is -2.41. The molecule has 2 N–H and O–H groups in total. The smallest absolute Gasteiger partial charge is 0.232 e. The summed E-state index contributed by atoms with van der Waals surface area (Å²) in [6, 6.07) is 7.70. The maximum absolute atomic E-state index is 8.93. The van der Waals surface area contributed by atoms with Crippen LogP contribution in [0.4, 0.5) is 0 Å². The number of nitrogens with two attached hydrogens (primary N) is 1. The molecular formula is C16H19N5O. The van der Waals surface area contributed by atoms with Gasteiger partial charge < -0.3 is 10.5 Å². The summed E-state index contributed by atoms with van der Waals surface area (Å²) in [5.41, 5.74) is 7.91. The fourth-order valence-corrected chi connectivity index (χ4v) is 2.59. The summed E-state index contributed by atoms with van der Waals surface area (Å²) >= 11 is 0. The Morgan fingerprint density at radius 3 is 2.91 bits per heavy atom. The van der Waals surface area contributed by atoms with E-state index in [0.29, 0.717) is 29.6 Å². The standard InChI is InChI=1S/C16H19N5O/c17-10-12-1-2-14-15(9-12)20-16(11-19-14)22-8-7-21-5-3-13(18)4-6-21/h1-2,9,11,13H,3-8,18H2. The van der Waals surface area contributed by atoms with Crippen molar-refractivity contribution >= 4 is 11.0 Å². The number of rotatable bonds is 4. The van der Waals surface area contributed by atoms with E-state index >= 15 is 0 Å². The van der Waals surface area contributed by atoms with Crippen molar-refractivity contribution < 1.29 is 4.74 Å². The Morgan fingerprint density at radius 2 is 2.14 bits per heavy atom. The lowest BCUT2D eigenvalue weighted by molar-refractivity contribution is 0.171. The monoisotopic (exact) mass is 297 g/mol. The second kappa shape index (κ2) is 6.69. The summed E-state index contributed by atoms with van der Waals surface area (Å²) in [6.45, 7) is 3.50. The minimum atomic E-state index is 0.345. The molecule has 1 aromatic carbocycles. The molecule has 1 saturated heterocycles. The molecule has 1 aliphatic heterocycles. The zero-order valence-corrected chi connectivity index (χ0v) is 12.4. The van der Waals surface area contributed by atoms with Crippen molar-refractivity contribution in [2.24, 2.45) is 5.73 Å². The normalized spacial score (nSPS) is 16.5. The minimum Gasteiger partial charge on any atom is -0.475 e. The number of fused-ring (bicyclic) bond motifs is 1. The first-order chi connectivity index (χ1) is 10.7. The highest BCUT2D eigenvalue weighted by atomic mass is 16.5. The van der Waals surface area contributed by atoms with Gasteiger partial charge in [0.1, 0.15) is 6.61 Å². The second-order valence-corrected chi connectivity index (χ2v) is 5.55. The van der Waals surface area contributed by atoms with Crippen LogP contribution in [-0.2, 0) is 0 Å².